The van der Waals surface area contributed by atoms with Crippen molar-refractivity contribution in [2.24, 2.45) is 0 Å². The first-order chi connectivity index (χ1) is 8.40. The normalized spacial score (nSPS) is 10.3. The second-order valence-corrected chi connectivity index (χ2v) is 4.76. The van der Waals surface area contributed by atoms with Gasteiger partial charge < -0.3 is 10.1 Å². The molecule has 0 heterocycles. The lowest BCUT2D eigenvalue weighted by Crippen LogP contribution is -2.27. The number of carbonyl (C=O) groups is 1. The third kappa shape index (κ3) is 5.26. The van der Waals surface area contributed by atoms with Crippen LogP contribution in [-0.2, 0) is 4.74 Å². The van der Waals surface area contributed by atoms with Crippen LogP contribution in [0.3, 0.4) is 0 Å². The van der Waals surface area contributed by atoms with Crippen molar-refractivity contribution in [2.45, 2.75) is 26.4 Å². The van der Waals surface area contributed by atoms with Crippen molar-refractivity contribution in [3.8, 4) is 12.3 Å². The van der Waals surface area contributed by atoms with E-state index < -0.39 is 11.7 Å². The number of hydrogen-bond acceptors (Lipinski definition) is 3. The van der Waals surface area contributed by atoms with Gasteiger partial charge in [-0.25, -0.2) is 4.79 Å². The molecule has 0 saturated heterocycles. The molecule has 0 radical (unpaired) electrons. The third-order valence-electron chi connectivity index (χ3n) is 1.92. The minimum absolute atomic E-state index is 0.466. The number of nitrogens with one attached hydrogen (secondary N) is 2. The molecule has 1 amide bonds. The zero-order chi connectivity index (χ0) is 13.6. The summed E-state index contributed by atoms with van der Waals surface area (Å²) in [7, 11) is 0. The highest BCUT2D eigenvalue weighted by molar-refractivity contribution is 5.85. The molecule has 0 aliphatic carbocycles. The van der Waals surface area contributed by atoms with Crippen molar-refractivity contribution >= 4 is 17.5 Å². The molecule has 18 heavy (non-hydrogen) atoms. The van der Waals surface area contributed by atoms with E-state index in [-0.39, 0.29) is 0 Å². The third-order valence-corrected chi connectivity index (χ3v) is 1.92. The molecule has 0 bridgehead atoms. The first-order valence-electron chi connectivity index (χ1n) is 5.68. The number of anilines is 2. The Morgan fingerprint density at radius 1 is 1.28 bits per heavy atom. The quantitative estimate of drug-likeness (QED) is 0.806. The smallest absolute Gasteiger partial charge is 0.412 e. The second-order valence-electron chi connectivity index (χ2n) is 4.76. The highest BCUT2D eigenvalue weighted by Crippen LogP contribution is 2.15. The number of amides is 1. The van der Waals surface area contributed by atoms with Crippen LogP contribution in [0.15, 0.2) is 24.3 Å². The lowest BCUT2D eigenvalue weighted by atomic mass is 10.2. The molecule has 0 aliphatic heterocycles. The van der Waals surface area contributed by atoms with E-state index in [1.807, 2.05) is 32.9 Å². The van der Waals surface area contributed by atoms with Gasteiger partial charge in [0.25, 0.3) is 0 Å². The summed E-state index contributed by atoms with van der Waals surface area (Å²) in [5.74, 6) is 2.49. The van der Waals surface area contributed by atoms with Gasteiger partial charge >= 0.3 is 6.09 Å². The van der Waals surface area contributed by atoms with E-state index in [9.17, 15) is 4.79 Å². The zero-order valence-electron chi connectivity index (χ0n) is 10.9. The van der Waals surface area contributed by atoms with Gasteiger partial charge in [0.2, 0.25) is 0 Å². The first kappa shape index (κ1) is 13.9. The summed E-state index contributed by atoms with van der Waals surface area (Å²) in [6, 6.07) is 7.24. The molecular formula is C14H18N2O2. The number of rotatable bonds is 3. The Bertz CT molecular complexity index is 438. The molecule has 2 N–H and O–H groups in total. The summed E-state index contributed by atoms with van der Waals surface area (Å²) in [4.78, 5) is 11.5. The van der Waals surface area contributed by atoms with E-state index in [1.54, 1.807) is 12.1 Å². The van der Waals surface area contributed by atoms with Gasteiger partial charge in [-0.05, 0) is 45.0 Å². The molecule has 4 heteroatoms. The highest BCUT2D eigenvalue weighted by atomic mass is 16.6. The SMILES string of the molecule is C#CCNc1ccc(NC(=O)OC(C)(C)C)cc1. The lowest BCUT2D eigenvalue weighted by molar-refractivity contribution is 0.0636. The maximum Gasteiger partial charge on any atom is 0.412 e. The van der Waals surface area contributed by atoms with Crippen LogP contribution in [-0.4, -0.2) is 18.2 Å². The Kier molecular flexibility index (Phi) is 4.61. The van der Waals surface area contributed by atoms with E-state index in [0.29, 0.717) is 12.2 Å². The summed E-state index contributed by atoms with van der Waals surface area (Å²) in [6.45, 7) is 5.93. The number of ether oxygens (including phenoxy) is 1. The monoisotopic (exact) mass is 246 g/mol. The fourth-order valence-electron chi connectivity index (χ4n) is 1.25. The molecule has 0 aromatic heterocycles. The number of benzene rings is 1. The molecular weight excluding hydrogens is 228 g/mol. The predicted molar refractivity (Wildman–Crippen MR) is 73.6 cm³/mol. The number of hydrogen-bond donors (Lipinski definition) is 2. The van der Waals surface area contributed by atoms with Gasteiger partial charge in [-0.1, -0.05) is 5.92 Å². The highest BCUT2D eigenvalue weighted by Gasteiger charge is 2.15. The molecule has 0 fully saturated rings. The van der Waals surface area contributed by atoms with Crippen molar-refractivity contribution in [1.82, 2.24) is 0 Å². The van der Waals surface area contributed by atoms with Crippen molar-refractivity contribution in [3.05, 3.63) is 24.3 Å². The van der Waals surface area contributed by atoms with Gasteiger partial charge in [-0.3, -0.25) is 5.32 Å². The molecule has 4 nitrogen and oxygen atoms in total. The minimum atomic E-state index is -0.502. The molecule has 0 unspecified atom stereocenters. The van der Waals surface area contributed by atoms with Crippen LogP contribution in [0.25, 0.3) is 0 Å². The average molecular weight is 246 g/mol. The first-order valence-corrected chi connectivity index (χ1v) is 5.68. The summed E-state index contributed by atoms with van der Waals surface area (Å²) in [6.07, 6.45) is 4.68. The summed E-state index contributed by atoms with van der Waals surface area (Å²) >= 11 is 0. The lowest BCUT2D eigenvalue weighted by Gasteiger charge is -2.19. The summed E-state index contributed by atoms with van der Waals surface area (Å²) in [5, 5.41) is 5.69. The molecule has 0 aliphatic rings. The van der Waals surface area contributed by atoms with Crippen LogP contribution < -0.4 is 10.6 Å². The van der Waals surface area contributed by atoms with Gasteiger partial charge in [0.1, 0.15) is 5.60 Å². The van der Waals surface area contributed by atoms with Gasteiger partial charge in [-0.2, -0.15) is 0 Å². The molecule has 0 spiro atoms. The molecule has 1 rings (SSSR count). The molecule has 1 aromatic carbocycles. The Morgan fingerprint density at radius 2 is 1.83 bits per heavy atom. The average Bonchev–Trinajstić information content (AvgIpc) is 2.25. The summed E-state index contributed by atoms with van der Waals surface area (Å²) < 4.78 is 5.14. The van der Waals surface area contributed by atoms with Crippen molar-refractivity contribution < 1.29 is 9.53 Å². The van der Waals surface area contributed by atoms with Crippen LogP contribution in [0.4, 0.5) is 16.2 Å². The Morgan fingerprint density at radius 3 is 2.33 bits per heavy atom. The Labute approximate surface area is 108 Å². The van der Waals surface area contributed by atoms with E-state index in [4.69, 9.17) is 11.2 Å². The standard InChI is InChI=1S/C14H18N2O2/c1-5-10-15-11-6-8-12(9-7-11)16-13(17)18-14(2,3)4/h1,6-9,15H,10H2,2-4H3,(H,16,17). The molecule has 0 saturated carbocycles. The van der Waals surface area contributed by atoms with E-state index in [0.717, 1.165) is 5.69 Å². The van der Waals surface area contributed by atoms with Crippen molar-refractivity contribution in [3.63, 3.8) is 0 Å². The maximum absolute atomic E-state index is 11.5. The van der Waals surface area contributed by atoms with E-state index in [1.165, 1.54) is 0 Å². The van der Waals surface area contributed by atoms with Crippen LogP contribution in [0, 0.1) is 12.3 Å². The molecule has 1 aromatic rings. The van der Waals surface area contributed by atoms with Gasteiger partial charge in [-0.15, -0.1) is 6.42 Å². The van der Waals surface area contributed by atoms with Crippen molar-refractivity contribution in [1.29, 1.82) is 0 Å². The van der Waals surface area contributed by atoms with Crippen LogP contribution in [0.2, 0.25) is 0 Å². The largest absolute Gasteiger partial charge is 0.444 e. The fourth-order valence-corrected chi connectivity index (χ4v) is 1.25. The summed E-state index contributed by atoms with van der Waals surface area (Å²) in [5.41, 5.74) is 1.08. The van der Waals surface area contributed by atoms with Crippen LogP contribution in [0.1, 0.15) is 20.8 Å². The Balaban J connectivity index is 2.54. The zero-order valence-corrected chi connectivity index (χ0v) is 10.9. The predicted octanol–water partition coefficient (Wildman–Crippen LogP) is 3.08. The van der Waals surface area contributed by atoms with Gasteiger partial charge in [0.05, 0.1) is 6.54 Å². The minimum Gasteiger partial charge on any atom is -0.444 e. The van der Waals surface area contributed by atoms with Crippen LogP contribution in [0.5, 0.6) is 0 Å². The van der Waals surface area contributed by atoms with E-state index in [2.05, 4.69) is 16.6 Å². The number of carbonyl (C=O) groups excluding carboxylic acids is 1. The van der Waals surface area contributed by atoms with Crippen LogP contribution >= 0.6 is 0 Å². The molecule has 96 valence electrons. The maximum atomic E-state index is 11.5. The topological polar surface area (TPSA) is 50.4 Å². The van der Waals surface area contributed by atoms with Gasteiger partial charge in [0, 0.05) is 11.4 Å². The van der Waals surface area contributed by atoms with E-state index >= 15 is 0 Å². The van der Waals surface area contributed by atoms with Crippen molar-refractivity contribution in [2.75, 3.05) is 17.2 Å². The second kappa shape index (κ2) is 5.97. The molecule has 0 atom stereocenters. The fraction of sp³-hybridized carbons (Fsp3) is 0.357. The Hall–Kier alpha value is -2.15. The number of terminal acetylenes is 1. The van der Waals surface area contributed by atoms with Gasteiger partial charge in [0.15, 0.2) is 0 Å².